The number of likely N-dealkylation sites (N-methyl/N-ethyl adjacent to an activating group) is 1. The lowest BCUT2D eigenvalue weighted by Crippen LogP contribution is -2.53. The summed E-state index contributed by atoms with van der Waals surface area (Å²) in [6.45, 7) is 0. The lowest BCUT2D eigenvalue weighted by atomic mass is 9.85. The first-order chi connectivity index (χ1) is 10.1. The molecule has 1 aromatic carbocycles. The van der Waals surface area contributed by atoms with Crippen molar-refractivity contribution in [3.05, 3.63) is 30.1 Å². The minimum absolute atomic E-state index is 0.177. The number of nitrogens with one attached hydrogen (secondary N) is 1. The quantitative estimate of drug-likeness (QED) is 0.646. The number of carbonyl (C=O) groups is 1. The Morgan fingerprint density at radius 3 is 2.95 bits per heavy atom. The lowest BCUT2D eigenvalue weighted by molar-refractivity contribution is -0.150. The van der Waals surface area contributed by atoms with Gasteiger partial charge in [-0.3, -0.25) is 4.79 Å². The summed E-state index contributed by atoms with van der Waals surface area (Å²) >= 11 is 1.51. The van der Waals surface area contributed by atoms with Crippen molar-refractivity contribution in [1.29, 1.82) is 0 Å². The number of hydrogen-bond acceptors (Lipinski definition) is 4. The topological polar surface area (TPSA) is 38.3 Å². The molecule has 2 rings (SSSR count). The predicted molar refractivity (Wildman–Crippen MR) is 82.9 cm³/mol. The van der Waals surface area contributed by atoms with Crippen LogP contribution in [0.2, 0.25) is 0 Å². The van der Waals surface area contributed by atoms with Gasteiger partial charge in [0.15, 0.2) is 0 Å². The van der Waals surface area contributed by atoms with Crippen LogP contribution in [0.5, 0.6) is 0 Å². The summed E-state index contributed by atoms with van der Waals surface area (Å²) in [4.78, 5) is 12.8. The van der Waals surface area contributed by atoms with Gasteiger partial charge in [0, 0.05) is 4.90 Å². The number of benzene rings is 1. The highest BCUT2D eigenvalue weighted by atomic mass is 32.2. The number of halogens is 1. The number of ether oxygens (including phenoxy) is 1. The maximum absolute atomic E-state index is 13.6. The fourth-order valence-electron chi connectivity index (χ4n) is 3.22. The van der Waals surface area contributed by atoms with Crippen LogP contribution in [0.4, 0.5) is 4.39 Å². The van der Waals surface area contributed by atoms with Crippen molar-refractivity contribution in [2.24, 2.45) is 5.92 Å². The van der Waals surface area contributed by atoms with Crippen LogP contribution in [0.3, 0.4) is 0 Å². The maximum Gasteiger partial charge on any atom is 0.326 e. The molecule has 0 saturated heterocycles. The zero-order chi connectivity index (χ0) is 15.3. The van der Waals surface area contributed by atoms with Crippen molar-refractivity contribution in [1.82, 2.24) is 5.32 Å². The van der Waals surface area contributed by atoms with Crippen molar-refractivity contribution in [3.8, 4) is 0 Å². The van der Waals surface area contributed by atoms with Gasteiger partial charge in [-0.1, -0.05) is 18.6 Å². The molecule has 21 heavy (non-hydrogen) atoms. The molecule has 0 aliphatic heterocycles. The average molecular weight is 311 g/mol. The van der Waals surface area contributed by atoms with Crippen molar-refractivity contribution < 1.29 is 13.9 Å². The lowest BCUT2D eigenvalue weighted by Gasteiger charge is -2.32. The summed E-state index contributed by atoms with van der Waals surface area (Å²) in [5, 5.41) is 3.18. The maximum atomic E-state index is 13.6. The molecule has 2 atom stereocenters. The van der Waals surface area contributed by atoms with Gasteiger partial charge in [-0.2, -0.15) is 0 Å². The largest absolute Gasteiger partial charge is 0.468 e. The van der Waals surface area contributed by atoms with E-state index in [2.05, 4.69) is 5.32 Å². The van der Waals surface area contributed by atoms with Crippen LogP contribution in [-0.2, 0) is 9.53 Å². The molecule has 0 heterocycles. The summed E-state index contributed by atoms with van der Waals surface area (Å²) in [5.41, 5.74) is -0.565. The summed E-state index contributed by atoms with van der Waals surface area (Å²) in [6.07, 6.45) is 3.71. The highest BCUT2D eigenvalue weighted by molar-refractivity contribution is 7.99. The molecular weight excluding hydrogens is 289 g/mol. The molecule has 3 nitrogen and oxygen atoms in total. The molecule has 1 saturated carbocycles. The van der Waals surface area contributed by atoms with Crippen LogP contribution in [0.15, 0.2) is 29.2 Å². The van der Waals surface area contributed by atoms with Gasteiger partial charge in [-0.05, 0) is 50.1 Å². The van der Waals surface area contributed by atoms with E-state index in [9.17, 15) is 9.18 Å². The van der Waals surface area contributed by atoms with Gasteiger partial charge in [0.1, 0.15) is 11.4 Å². The third-order valence-corrected chi connectivity index (χ3v) is 5.46. The van der Waals surface area contributed by atoms with E-state index in [0.29, 0.717) is 4.90 Å². The van der Waals surface area contributed by atoms with E-state index in [1.807, 2.05) is 13.1 Å². The van der Waals surface area contributed by atoms with Crippen molar-refractivity contribution in [3.63, 3.8) is 0 Å². The average Bonchev–Trinajstić information content (AvgIpc) is 2.92. The molecule has 0 spiro atoms. The Balaban J connectivity index is 1.96. The summed E-state index contributed by atoms with van der Waals surface area (Å²) in [6, 6.07) is 6.80. The second-order valence-corrected chi connectivity index (χ2v) is 6.51. The molecule has 0 radical (unpaired) electrons. The molecule has 116 valence electrons. The molecule has 1 aliphatic rings. The number of rotatable bonds is 6. The molecule has 2 unspecified atom stereocenters. The molecule has 0 aromatic heterocycles. The van der Waals surface area contributed by atoms with Gasteiger partial charge in [-0.15, -0.1) is 11.8 Å². The molecule has 1 fully saturated rings. The van der Waals surface area contributed by atoms with Gasteiger partial charge in [-0.25, -0.2) is 4.39 Å². The molecular formula is C16H22FNO2S. The first kappa shape index (κ1) is 16.3. The van der Waals surface area contributed by atoms with Crippen LogP contribution >= 0.6 is 11.8 Å². The number of hydrogen-bond donors (Lipinski definition) is 1. The summed E-state index contributed by atoms with van der Waals surface area (Å²) in [7, 11) is 3.25. The smallest absolute Gasteiger partial charge is 0.326 e. The fourth-order valence-corrected chi connectivity index (χ4v) is 4.23. The highest BCUT2D eigenvalue weighted by Crippen LogP contribution is 2.39. The normalized spacial score (nSPS) is 25.0. The minimum atomic E-state index is -0.565. The standard InChI is InChI=1S/C16H22FNO2S/c1-18-16(15(19)20-2)10-5-6-12(16)9-11-21-14-8-4-3-7-13(14)17/h3-4,7-8,12,18H,5-6,9-11H2,1-2H3. The Labute approximate surface area is 129 Å². The number of carbonyl (C=O) groups excluding carboxylic acids is 1. The number of esters is 1. The van der Waals surface area contributed by atoms with Crippen LogP contribution in [0.25, 0.3) is 0 Å². The third-order valence-electron chi connectivity index (χ3n) is 4.38. The van der Waals surface area contributed by atoms with Crippen molar-refractivity contribution in [2.75, 3.05) is 19.9 Å². The Hall–Kier alpha value is -1.07. The van der Waals surface area contributed by atoms with Crippen LogP contribution in [0, 0.1) is 11.7 Å². The van der Waals surface area contributed by atoms with Crippen molar-refractivity contribution >= 4 is 17.7 Å². The monoisotopic (exact) mass is 311 g/mol. The minimum Gasteiger partial charge on any atom is -0.468 e. The Morgan fingerprint density at radius 2 is 2.29 bits per heavy atom. The molecule has 0 bridgehead atoms. The van der Waals surface area contributed by atoms with E-state index in [1.54, 1.807) is 12.1 Å². The molecule has 1 aromatic rings. The van der Waals surface area contributed by atoms with Crippen LogP contribution in [0.1, 0.15) is 25.7 Å². The Bertz CT molecular complexity index is 497. The van der Waals surface area contributed by atoms with Gasteiger partial charge in [0.2, 0.25) is 0 Å². The Kier molecular flexibility index (Phi) is 5.65. The number of thioether (sulfide) groups is 1. The van der Waals surface area contributed by atoms with E-state index in [-0.39, 0.29) is 17.7 Å². The van der Waals surface area contributed by atoms with Gasteiger partial charge in [0.25, 0.3) is 0 Å². The van der Waals surface area contributed by atoms with Gasteiger partial charge >= 0.3 is 5.97 Å². The molecule has 0 amide bonds. The second kappa shape index (κ2) is 7.27. The molecule has 1 N–H and O–H groups in total. The summed E-state index contributed by atoms with van der Waals surface area (Å²) < 4.78 is 18.6. The first-order valence-corrected chi connectivity index (χ1v) is 8.27. The molecule has 5 heteroatoms. The highest BCUT2D eigenvalue weighted by Gasteiger charge is 2.48. The predicted octanol–water partition coefficient (Wildman–Crippen LogP) is 3.24. The van der Waals surface area contributed by atoms with E-state index >= 15 is 0 Å². The zero-order valence-corrected chi connectivity index (χ0v) is 13.3. The van der Waals surface area contributed by atoms with E-state index < -0.39 is 5.54 Å². The van der Waals surface area contributed by atoms with Crippen molar-refractivity contribution in [2.45, 2.75) is 36.1 Å². The van der Waals surface area contributed by atoms with E-state index in [4.69, 9.17) is 4.74 Å². The van der Waals surface area contributed by atoms with Crippen LogP contribution in [-0.4, -0.2) is 31.4 Å². The summed E-state index contributed by atoms with van der Waals surface area (Å²) in [5.74, 6) is 0.686. The van der Waals surface area contributed by atoms with E-state index in [0.717, 1.165) is 31.4 Å². The van der Waals surface area contributed by atoms with Gasteiger partial charge < -0.3 is 10.1 Å². The zero-order valence-electron chi connectivity index (χ0n) is 12.5. The van der Waals surface area contributed by atoms with E-state index in [1.165, 1.54) is 24.9 Å². The molecule has 1 aliphatic carbocycles. The SMILES string of the molecule is CNC1(C(=O)OC)CCCC1CCSc1ccccc1F. The Morgan fingerprint density at radius 1 is 1.52 bits per heavy atom. The first-order valence-electron chi connectivity index (χ1n) is 7.28. The second-order valence-electron chi connectivity index (χ2n) is 5.37. The number of methoxy groups -OCH3 is 1. The fraction of sp³-hybridized carbons (Fsp3) is 0.562. The van der Waals surface area contributed by atoms with Gasteiger partial charge in [0.05, 0.1) is 7.11 Å². The van der Waals surface area contributed by atoms with Crippen LogP contribution < -0.4 is 5.32 Å². The third kappa shape index (κ3) is 3.40.